The van der Waals surface area contributed by atoms with Crippen LogP contribution in [0.1, 0.15) is 6.42 Å². The van der Waals surface area contributed by atoms with Crippen LogP contribution in [-0.4, -0.2) is 66.6 Å². The van der Waals surface area contributed by atoms with Crippen molar-refractivity contribution in [2.24, 2.45) is 0 Å². The molecule has 7 heteroatoms. The summed E-state index contributed by atoms with van der Waals surface area (Å²) in [4.78, 5) is 23.7. The summed E-state index contributed by atoms with van der Waals surface area (Å²) in [6.07, 6.45) is 0.738. The van der Waals surface area contributed by atoms with E-state index in [1.807, 2.05) is 0 Å². The molecule has 2 unspecified atom stereocenters. The number of carboxylic acid groups (broad SMARTS) is 1. The van der Waals surface area contributed by atoms with Crippen LogP contribution < -0.4 is 5.32 Å². The first kappa shape index (κ1) is 16.4. The molecule has 0 aromatic rings. The summed E-state index contributed by atoms with van der Waals surface area (Å²) >= 11 is 0. The number of carbonyl (C=O) groups is 2. The summed E-state index contributed by atoms with van der Waals surface area (Å²) in [5.74, 6) is -1.13. The first-order valence-corrected chi connectivity index (χ1v) is 5.44. The zero-order valence-corrected chi connectivity index (χ0v) is 10.6. The zero-order chi connectivity index (χ0) is 14.1. The number of carboxylic acids is 1. The highest BCUT2D eigenvalue weighted by Gasteiger charge is 2.21. The predicted molar refractivity (Wildman–Crippen MR) is 65.3 cm³/mol. The summed E-state index contributed by atoms with van der Waals surface area (Å²) in [6.45, 7) is 3.58. The molecule has 2 atom stereocenters. The van der Waals surface area contributed by atoms with E-state index in [9.17, 15) is 14.7 Å². The lowest BCUT2D eigenvalue weighted by molar-refractivity contribution is -0.139. The van der Waals surface area contributed by atoms with Crippen molar-refractivity contribution in [1.82, 2.24) is 10.2 Å². The minimum absolute atomic E-state index is 0.0557. The van der Waals surface area contributed by atoms with Gasteiger partial charge in [-0.15, -0.1) is 6.58 Å². The van der Waals surface area contributed by atoms with Gasteiger partial charge in [0.15, 0.2) is 0 Å². The summed E-state index contributed by atoms with van der Waals surface area (Å²) in [7, 11) is 2.90. The van der Waals surface area contributed by atoms with Crippen molar-refractivity contribution in [1.29, 1.82) is 0 Å². The number of urea groups is 1. The number of aliphatic hydroxyl groups is 1. The van der Waals surface area contributed by atoms with Crippen molar-refractivity contribution < 1.29 is 24.5 Å². The molecular formula is C11H20N2O5. The monoisotopic (exact) mass is 260 g/mol. The molecular weight excluding hydrogens is 240 g/mol. The summed E-state index contributed by atoms with van der Waals surface area (Å²) in [5, 5.41) is 20.6. The number of nitrogens with zero attached hydrogens (tertiary/aromatic N) is 1. The Kier molecular flexibility index (Phi) is 7.73. The first-order chi connectivity index (χ1) is 8.42. The molecule has 0 aromatic heterocycles. The third-order valence-electron chi connectivity index (χ3n) is 2.19. The quantitative estimate of drug-likeness (QED) is 0.519. The fraction of sp³-hybridized carbons (Fsp3) is 0.636. The van der Waals surface area contributed by atoms with Crippen molar-refractivity contribution >= 4 is 12.0 Å². The van der Waals surface area contributed by atoms with Gasteiger partial charge in [-0.3, -0.25) is 0 Å². The van der Waals surface area contributed by atoms with E-state index in [4.69, 9.17) is 9.84 Å². The predicted octanol–water partition coefficient (Wildman–Crippen LogP) is -0.336. The van der Waals surface area contributed by atoms with E-state index < -0.39 is 24.1 Å². The normalized spacial score (nSPS) is 13.5. The maximum Gasteiger partial charge on any atom is 0.326 e. The number of ether oxygens (including phenoxy) is 1. The highest BCUT2D eigenvalue weighted by molar-refractivity contribution is 5.82. The lowest BCUT2D eigenvalue weighted by atomic mass is 10.2. The maximum absolute atomic E-state index is 11.6. The van der Waals surface area contributed by atoms with E-state index in [-0.39, 0.29) is 19.6 Å². The smallest absolute Gasteiger partial charge is 0.326 e. The van der Waals surface area contributed by atoms with Gasteiger partial charge in [0, 0.05) is 14.2 Å². The Bertz CT molecular complexity index is 295. The lowest BCUT2D eigenvalue weighted by Gasteiger charge is -2.22. The van der Waals surface area contributed by atoms with Crippen LogP contribution in [0.2, 0.25) is 0 Å². The molecule has 0 fully saturated rings. The summed E-state index contributed by atoms with van der Waals surface area (Å²) < 4.78 is 4.73. The molecule has 0 saturated carbocycles. The van der Waals surface area contributed by atoms with E-state index in [1.165, 1.54) is 25.1 Å². The molecule has 0 spiro atoms. The maximum atomic E-state index is 11.6. The van der Waals surface area contributed by atoms with Crippen LogP contribution in [0.3, 0.4) is 0 Å². The van der Waals surface area contributed by atoms with Gasteiger partial charge in [0.1, 0.15) is 6.04 Å². The number of likely N-dealkylation sites (N-methyl/N-ethyl adjacent to an activating group) is 1. The van der Waals surface area contributed by atoms with E-state index >= 15 is 0 Å². The van der Waals surface area contributed by atoms with Crippen molar-refractivity contribution in [2.75, 3.05) is 27.3 Å². The van der Waals surface area contributed by atoms with Gasteiger partial charge in [0.25, 0.3) is 0 Å². The molecule has 3 N–H and O–H groups in total. The van der Waals surface area contributed by atoms with Crippen molar-refractivity contribution in [3.05, 3.63) is 12.7 Å². The largest absolute Gasteiger partial charge is 0.480 e. The number of hydrogen-bond donors (Lipinski definition) is 3. The van der Waals surface area contributed by atoms with E-state index in [1.54, 1.807) is 0 Å². The van der Waals surface area contributed by atoms with Crippen LogP contribution in [0.15, 0.2) is 12.7 Å². The van der Waals surface area contributed by atoms with Gasteiger partial charge in [-0.1, -0.05) is 6.08 Å². The van der Waals surface area contributed by atoms with Gasteiger partial charge in [-0.2, -0.15) is 0 Å². The van der Waals surface area contributed by atoms with Gasteiger partial charge >= 0.3 is 12.0 Å². The Labute approximate surface area is 106 Å². The molecule has 0 aromatic carbocycles. The molecule has 2 amide bonds. The molecule has 0 heterocycles. The SMILES string of the molecule is C=CCC(NC(=O)N(C)CC(O)COC)C(=O)O. The average molecular weight is 260 g/mol. The summed E-state index contributed by atoms with van der Waals surface area (Å²) in [5.41, 5.74) is 0. The highest BCUT2D eigenvalue weighted by Crippen LogP contribution is 1.97. The number of aliphatic carboxylic acids is 1. The molecule has 0 saturated heterocycles. The first-order valence-electron chi connectivity index (χ1n) is 5.44. The van der Waals surface area contributed by atoms with E-state index in [2.05, 4.69) is 11.9 Å². The number of hydrogen-bond acceptors (Lipinski definition) is 4. The van der Waals surface area contributed by atoms with Gasteiger partial charge in [0.2, 0.25) is 0 Å². The van der Waals surface area contributed by atoms with E-state index in [0.29, 0.717) is 0 Å². The number of amides is 2. The number of nitrogens with one attached hydrogen (secondary N) is 1. The third kappa shape index (κ3) is 6.21. The second-order valence-electron chi connectivity index (χ2n) is 3.85. The van der Waals surface area contributed by atoms with Crippen LogP contribution in [0.25, 0.3) is 0 Å². The standard InChI is InChI=1S/C11H20N2O5/c1-4-5-9(10(15)16)12-11(17)13(2)6-8(14)7-18-3/h4,8-9,14H,1,5-7H2,2-3H3,(H,12,17)(H,15,16). The molecule has 0 aliphatic carbocycles. The Morgan fingerprint density at radius 2 is 2.17 bits per heavy atom. The van der Waals surface area contributed by atoms with Crippen molar-refractivity contribution in [2.45, 2.75) is 18.6 Å². The number of aliphatic hydroxyl groups excluding tert-OH is 1. The van der Waals surface area contributed by atoms with Gasteiger partial charge in [-0.05, 0) is 6.42 Å². The molecule has 104 valence electrons. The van der Waals surface area contributed by atoms with Crippen molar-refractivity contribution in [3.63, 3.8) is 0 Å². The Balaban J connectivity index is 4.27. The fourth-order valence-electron chi connectivity index (χ4n) is 1.29. The Morgan fingerprint density at radius 3 is 2.61 bits per heavy atom. The lowest BCUT2D eigenvalue weighted by Crippen LogP contribution is -2.48. The number of rotatable bonds is 8. The molecule has 0 rings (SSSR count). The molecule has 0 radical (unpaired) electrons. The Hall–Kier alpha value is -1.60. The van der Waals surface area contributed by atoms with Gasteiger partial charge in [0.05, 0.1) is 19.3 Å². The van der Waals surface area contributed by atoms with Crippen LogP contribution in [0.4, 0.5) is 4.79 Å². The molecule has 0 aliphatic rings. The minimum atomic E-state index is -1.13. The minimum Gasteiger partial charge on any atom is -0.480 e. The van der Waals surface area contributed by atoms with Crippen LogP contribution in [0.5, 0.6) is 0 Å². The number of carbonyl (C=O) groups excluding carboxylic acids is 1. The second kappa shape index (κ2) is 8.48. The molecule has 0 bridgehead atoms. The van der Waals surface area contributed by atoms with Crippen LogP contribution >= 0.6 is 0 Å². The van der Waals surface area contributed by atoms with Gasteiger partial charge in [-0.25, -0.2) is 9.59 Å². The van der Waals surface area contributed by atoms with Crippen LogP contribution in [0, 0.1) is 0 Å². The van der Waals surface area contributed by atoms with Crippen molar-refractivity contribution in [3.8, 4) is 0 Å². The number of methoxy groups -OCH3 is 1. The fourth-order valence-corrected chi connectivity index (χ4v) is 1.29. The molecule has 7 nitrogen and oxygen atoms in total. The Morgan fingerprint density at radius 1 is 1.56 bits per heavy atom. The zero-order valence-electron chi connectivity index (χ0n) is 10.6. The van der Waals surface area contributed by atoms with E-state index in [0.717, 1.165) is 0 Å². The van der Waals surface area contributed by atoms with Gasteiger partial charge < -0.3 is 25.2 Å². The average Bonchev–Trinajstić information content (AvgIpc) is 2.28. The molecule has 0 aliphatic heterocycles. The highest BCUT2D eigenvalue weighted by atomic mass is 16.5. The molecule has 18 heavy (non-hydrogen) atoms. The summed E-state index contributed by atoms with van der Waals surface area (Å²) in [6, 6.07) is -1.59. The van der Waals surface area contributed by atoms with Crippen LogP contribution in [-0.2, 0) is 9.53 Å². The second-order valence-corrected chi connectivity index (χ2v) is 3.85. The topological polar surface area (TPSA) is 99.1 Å². The third-order valence-corrected chi connectivity index (χ3v) is 2.19.